The van der Waals surface area contributed by atoms with E-state index in [0.717, 1.165) is 0 Å². The lowest BCUT2D eigenvalue weighted by Crippen LogP contribution is -2.47. The van der Waals surface area contributed by atoms with Crippen molar-refractivity contribution in [1.82, 2.24) is 4.31 Å². The zero-order valence-corrected chi connectivity index (χ0v) is 11.2. The standard InChI is InChI=1S/C9H17NO5S2/c11-16(12)7-1-9(2-8-16)17(13,14)10-3-5-15-6-4-10/h9H,1-8H2. The molecule has 0 aromatic carbocycles. The summed E-state index contributed by atoms with van der Waals surface area (Å²) >= 11 is 0. The normalized spacial score (nSPS) is 28.0. The fourth-order valence-corrected chi connectivity index (χ4v) is 5.88. The maximum absolute atomic E-state index is 12.2. The molecule has 0 saturated carbocycles. The molecule has 0 N–H and O–H groups in total. The van der Waals surface area contributed by atoms with Crippen LogP contribution in [0.25, 0.3) is 0 Å². The van der Waals surface area contributed by atoms with Crippen LogP contribution in [0, 0.1) is 0 Å². The van der Waals surface area contributed by atoms with Crippen molar-refractivity contribution in [2.75, 3.05) is 37.8 Å². The third-order valence-corrected chi connectivity index (χ3v) is 7.37. The number of ether oxygens (including phenoxy) is 1. The minimum atomic E-state index is -3.35. The molecule has 0 radical (unpaired) electrons. The van der Waals surface area contributed by atoms with Crippen molar-refractivity contribution in [1.29, 1.82) is 0 Å². The molecule has 2 fully saturated rings. The molecular weight excluding hydrogens is 266 g/mol. The molecule has 2 aliphatic heterocycles. The minimum absolute atomic E-state index is 0.0127. The fourth-order valence-electron chi connectivity index (χ4n) is 2.18. The number of hydrogen-bond acceptors (Lipinski definition) is 5. The van der Waals surface area contributed by atoms with Crippen molar-refractivity contribution in [3.05, 3.63) is 0 Å². The molecule has 2 aliphatic rings. The average Bonchev–Trinajstić information content (AvgIpc) is 2.29. The van der Waals surface area contributed by atoms with Crippen LogP contribution in [0.15, 0.2) is 0 Å². The maximum Gasteiger partial charge on any atom is 0.217 e. The van der Waals surface area contributed by atoms with Crippen molar-refractivity contribution >= 4 is 19.9 Å². The second-order valence-corrected chi connectivity index (χ2v) is 8.92. The van der Waals surface area contributed by atoms with E-state index in [1.807, 2.05) is 0 Å². The molecule has 0 amide bonds. The predicted molar refractivity (Wildman–Crippen MR) is 63.0 cm³/mol. The summed E-state index contributed by atoms with van der Waals surface area (Å²) in [6.07, 6.45) is 0.448. The summed E-state index contributed by atoms with van der Waals surface area (Å²) < 4.78 is 53.5. The zero-order chi connectivity index (χ0) is 12.5. The first kappa shape index (κ1) is 13.3. The molecule has 0 aromatic heterocycles. The van der Waals surface area contributed by atoms with Crippen molar-refractivity contribution in [2.45, 2.75) is 18.1 Å². The van der Waals surface area contributed by atoms with Gasteiger partial charge >= 0.3 is 0 Å². The molecule has 0 atom stereocenters. The lowest BCUT2D eigenvalue weighted by Gasteiger charge is -2.31. The number of morpholine rings is 1. The molecule has 2 saturated heterocycles. The van der Waals surface area contributed by atoms with E-state index >= 15 is 0 Å². The summed E-state index contributed by atoms with van der Waals surface area (Å²) in [5.74, 6) is -0.0253. The van der Waals surface area contributed by atoms with Crippen LogP contribution in [-0.4, -0.2) is 64.2 Å². The third kappa shape index (κ3) is 2.98. The van der Waals surface area contributed by atoms with Gasteiger partial charge in [0.25, 0.3) is 0 Å². The van der Waals surface area contributed by atoms with Gasteiger partial charge < -0.3 is 4.74 Å². The monoisotopic (exact) mass is 283 g/mol. The number of rotatable bonds is 2. The lowest BCUT2D eigenvalue weighted by molar-refractivity contribution is 0.0725. The summed E-state index contributed by atoms with van der Waals surface area (Å²) in [5.41, 5.74) is 0. The van der Waals surface area contributed by atoms with Gasteiger partial charge in [0.05, 0.1) is 30.0 Å². The summed E-state index contributed by atoms with van der Waals surface area (Å²) in [7, 11) is -6.36. The Hall–Kier alpha value is -0.180. The molecule has 0 bridgehead atoms. The van der Waals surface area contributed by atoms with Gasteiger partial charge in [0, 0.05) is 13.1 Å². The fraction of sp³-hybridized carbons (Fsp3) is 1.00. The summed E-state index contributed by atoms with van der Waals surface area (Å²) in [4.78, 5) is 0. The second kappa shape index (κ2) is 4.83. The molecule has 0 aromatic rings. The first-order chi connectivity index (χ1) is 7.92. The second-order valence-electron chi connectivity index (χ2n) is 4.41. The van der Waals surface area contributed by atoms with Gasteiger partial charge in [0.2, 0.25) is 10.0 Å². The minimum Gasteiger partial charge on any atom is -0.379 e. The van der Waals surface area contributed by atoms with Gasteiger partial charge in [-0.25, -0.2) is 16.8 Å². The van der Waals surface area contributed by atoms with Crippen molar-refractivity contribution < 1.29 is 21.6 Å². The van der Waals surface area contributed by atoms with Gasteiger partial charge in [0.1, 0.15) is 9.84 Å². The van der Waals surface area contributed by atoms with E-state index in [1.165, 1.54) is 4.31 Å². The molecule has 0 unspecified atom stereocenters. The van der Waals surface area contributed by atoms with Crippen LogP contribution in [0.3, 0.4) is 0 Å². The van der Waals surface area contributed by atoms with Crippen molar-refractivity contribution in [3.63, 3.8) is 0 Å². The maximum atomic E-state index is 12.2. The molecular formula is C9H17NO5S2. The molecule has 17 heavy (non-hydrogen) atoms. The Bertz CT molecular complexity index is 450. The molecule has 100 valence electrons. The van der Waals surface area contributed by atoms with Gasteiger partial charge in [-0.2, -0.15) is 4.31 Å². The summed E-state index contributed by atoms with van der Waals surface area (Å²) in [5, 5.41) is -0.538. The topological polar surface area (TPSA) is 80.8 Å². The molecule has 0 aliphatic carbocycles. The first-order valence-electron chi connectivity index (χ1n) is 5.69. The first-order valence-corrected chi connectivity index (χ1v) is 9.01. The Morgan fingerprint density at radius 3 is 2.12 bits per heavy atom. The number of nitrogens with zero attached hydrogens (tertiary/aromatic N) is 1. The van der Waals surface area contributed by atoms with Crippen LogP contribution in [0.5, 0.6) is 0 Å². The molecule has 6 nitrogen and oxygen atoms in total. The van der Waals surface area contributed by atoms with E-state index in [9.17, 15) is 16.8 Å². The Balaban J connectivity index is 2.06. The quantitative estimate of drug-likeness (QED) is 0.664. The van der Waals surface area contributed by atoms with Crippen LogP contribution < -0.4 is 0 Å². The van der Waals surface area contributed by atoms with Crippen LogP contribution in [-0.2, 0) is 24.6 Å². The number of hydrogen-bond donors (Lipinski definition) is 0. The van der Waals surface area contributed by atoms with Crippen LogP contribution in [0.2, 0.25) is 0 Å². The highest BCUT2D eigenvalue weighted by atomic mass is 32.2. The van der Waals surface area contributed by atoms with E-state index in [1.54, 1.807) is 0 Å². The SMILES string of the molecule is O=S1(=O)CCC(S(=O)(=O)N2CCOCC2)CC1. The average molecular weight is 283 g/mol. The number of sulfonamides is 1. The van der Waals surface area contributed by atoms with E-state index < -0.39 is 25.1 Å². The molecule has 0 spiro atoms. The Labute approximate surface area is 102 Å². The highest BCUT2D eigenvalue weighted by Gasteiger charge is 2.37. The highest BCUT2D eigenvalue weighted by Crippen LogP contribution is 2.22. The smallest absolute Gasteiger partial charge is 0.217 e. The van der Waals surface area contributed by atoms with Crippen molar-refractivity contribution in [3.8, 4) is 0 Å². The van der Waals surface area contributed by atoms with Crippen molar-refractivity contribution in [2.24, 2.45) is 0 Å². The van der Waals surface area contributed by atoms with E-state index in [2.05, 4.69) is 0 Å². The summed E-state index contributed by atoms with van der Waals surface area (Å²) in [6.45, 7) is 1.60. The lowest BCUT2D eigenvalue weighted by atomic mass is 10.2. The van der Waals surface area contributed by atoms with E-state index in [0.29, 0.717) is 26.3 Å². The van der Waals surface area contributed by atoms with Crippen LogP contribution in [0.1, 0.15) is 12.8 Å². The van der Waals surface area contributed by atoms with Gasteiger partial charge in [-0.05, 0) is 12.8 Å². The predicted octanol–water partition coefficient (Wildman–Crippen LogP) is -0.774. The Morgan fingerprint density at radius 2 is 1.59 bits per heavy atom. The van der Waals surface area contributed by atoms with E-state index in [4.69, 9.17) is 4.74 Å². The van der Waals surface area contributed by atoms with Gasteiger partial charge in [-0.1, -0.05) is 0 Å². The molecule has 2 heterocycles. The summed E-state index contributed by atoms with van der Waals surface area (Å²) in [6, 6.07) is 0. The zero-order valence-electron chi connectivity index (χ0n) is 9.54. The van der Waals surface area contributed by atoms with Crippen LogP contribution >= 0.6 is 0 Å². The third-order valence-electron chi connectivity index (χ3n) is 3.25. The Kier molecular flexibility index (Phi) is 3.77. The van der Waals surface area contributed by atoms with Crippen LogP contribution in [0.4, 0.5) is 0 Å². The molecule has 2 rings (SSSR count). The van der Waals surface area contributed by atoms with Gasteiger partial charge in [-0.15, -0.1) is 0 Å². The Morgan fingerprint density at radius 1 is 1.06 bits per heavy atom. The molecule has 8 heteroatoms. The highest BCUT2D eigenvalue weighted by molar-refractivity contribution is 7.92. The van der Waals surface area contributed by atoms with E-state index in [-0.39, 0.29) is 24.3 Å². The van der Waals surface area contributed by atoms with Gasteiger partial charge in [0.15, 0.2) is 0 Å². The number of sulfone groups is 1. The largest absolute Gasteiger partial charge is 0.379 e. The van der Waals surface area contributed by atoms with Gasteiger partial charge in [-0.3, -0.25) is 0 Å².